The number of methoxy groups -OCH3 is 1. The highest BCUT2D eigenvalue weighted by Gasteiger charge is 2.24. The first kappa shape index (κ1) is 19.0. The third kappa shape index (κ3) is 4.48. The summed E-state index contributed by atoms with van der Waals surface area (Å²) < 4.78 is 23.4. The maximum absolute atomic E-state index is 13.6. The highest BCUT2D eigenvalue weighted by Crippen LogP contribution is 2.25. The summed E-state index contributed by atoms with van der Waals surface area (Å²) in [5.41, 5.74) is 0.562. The predicted molar refractivity (Wildman–Crippen MR) is 95.6 cm³/mol. The zero-order valence-corrected chi connectivity index (χ0v) is 15.4. The van der Waals surface area contributed by atoms with Crippen LogP contribution in [0.2, 0.25) is 0 Å². The Hall–Kier alpha value is -2.81. The summed E-state index contributed by atoms with van der Waals surface area (Å²) in [6, 6.07) is 3.77. The topological polar surface area (TPSA) is 85.8 Å². The molecule has 0 unspecified atom stereocenters. The molecule has 1 aromatic heterocycles. The monoisotopic (exact) mass is 392 g/mol. The van der Waals surface area contributed by atoms with E-state index in [0.29, 0.717) is 23.8 Å². The van der Waals surface area contributed by atoms with Crippen LogP contribution in [0.4, 0.5) is 9.52 Å². The number of halogens is 1. The van der Waals surface area contributed by atoms with E-state index in [4.69, 9.17) is 9.47 Å². The van der Waals surface area contributed by atoms with E-state index >= 15 is 0 Å². The molecule has 1 aromatic carbocycles. The molecule has 0 aliphatic carbocycles. The third-order valence-corrected chi connectivity index (χ3v) is 4.92. The highest BCUT2D eigenvalue weighted by molar-refractivity contribution is 7.14. The minimum atomic E-state index is -0.666. The molecule has 2 heterocycles. The lowest BCUT2D eigenvalue weighted by Crippen LogP contribution is -2.23. The van der Waals surface area contributed by atoms with Crippen LogP contribution in [0, 0.1) is 5.82 Å². The summed E-state index contributed by atoms with van der Waals surface area (Å²) in [5.74, 6) is -1.76. The van der Waals surface area contributed by atoms with Gasteiger partial charge in [-0.05, 0) is 24.6 Å². The van der Waals surface area contributed by atoms with E-state index in [0.717, 1.165) is 12.5 Å². The van der Waals surface area contributed by atoms with E-state index in [1.54, 1.807) is 10.3 Å². The number of esters is 1. The van der Waals surface area contributed by atoms with Crippen LogP contribution in [-0.2, 0) is 20.7 Å². The summed E-state index contributed by atoms with van der Waals surface area (Å²) in [7, 11) is 1.32. The van der Waals surface area contributed by atoms with E-state index in [1.807, 2.05) is 0 Å². The van der Waals surface area contributed by atoms with Crippen LogP contribution in [-0.4, -0.2) is 42.9 Å². The molecule has 7 nitrogen and oxygen atoms in total. The summed E-state index contributed by atoms with van der Waals surface area (Å²) in [4.78, 5) is 41.5. The summed E-state index contributed by atoms with van der Waals surface area (Å²) in [6.45, 7) is 0.134. The SMILES string of the molecule is COc1ccc(C(=O)COC(=O)Cc2csc(N3CCCC3=O)n2)cc1F. The molecule has 0 atom stereocenters. The molecule has 1 amide bonds. The predicted octanol–water partition coefficient (Wildman–Crippen LogP) is 2.39. The fourth-order valence-electron chi connectivity index (χ4n) is 2.62. The van der Waals surface area contributed by atoms with Crippen molar-refractivity contribution in [3.05, 3.63) is 40.7 Å². The fourth-order valence-corrected chi connectivity index (χ4v) is 3.49. The van der Waals surface area contributed by atoms with Crippen LogP contribution in [0.3, 0.4) is 0 Å². The van der Waals surface area contributed by atoms with Crippen molar-refractivity contribution in [2.75, 3.05) is 25.2 Å². The zero-order valence-electron chi connectivity index (χ0n) is 14.6. The maximum Gasteiger partial charge on any atom is 0.312 e. The van der Waals surface area contributed by atoms with Crippen LogP contribution in [0.5, 0.6) is 5.75 Å². The van der Waals surface area contributed by atoms with E-state index in [-0.39, 0.29) is 23.6 Å². The number of hydrogen-bond donors (Lipinski definition) is 0. The van der Waals surface area contributed by atoms with Gasteiger partial charge in [0.1, 0.15) is 0 Å². The Balaban J connectivity index is 1.52. The first-order valence-corrected chi connectivity index (χ1v) is 9.13. The minimum Gasteiger partial charge on any atom is -0.494 e. The highest BCUT2D eigenvalue weighted by atomic mass is 32.1. The molecule has 1 aliphatic rings. The number of carbonyl (C=O) groups is 3. The van der Waals surface area contributed by atoms with Crippen molar-refractivity contribution in [1.29, 1.82) is 0 Å². The van der Waals surface area contributed by atoms with Crippen molar-refractivity contribution in [3.8, 4) is 5.75 Å². The molecule has 1 saturated heterocycles. The number of ether oxygens (including phenoxy) is 2. The lowest BCUT2D eigenvalue weighted by molar-refractivity contribution is -0.141. The maximum atomic E-state index is 13.6. The van der Waals surface area contributed by atoms with Crippen LogP contribution in [0.1, 0.15) is 28.9 Å². The number of hydrogen-bond acceptors (Lipinski definition) is 7. The Morgan fingerprint density at radius 2 is 2.19 bits per heavy atom. The smallest absolute Gasteiger partial charge is 0.312 e. The van der Waals surface area contributed by atoms with E-state index in [1.165, 1.54) is 30.6 Å². The van der Waals surface area contributed by atoms with Gasteiger partial charge in [0.2, 0.25) is 5.91 Å². The standard InChI is InChI=1S/C18H17FN2O5S/c1-25-15-5-4-11(7-13(15)19)14(22)9-26-17(24)8-12-10-27-18(20-12)21-6-2-3-16(21)23/h4-5,7,10H,2-3,6,8-9H2,1H3. The number of benzene rings is 1. The molecule has 9 heteroatoms. The molecular formula is C18H17FN2O5S. The first-order chi connectivity index (χ1) is 13.0. The molecule has 1 fully saturated rings. The van der Waals surface area contributed by atoms with Gasteiger partial charge in [-0.15, -0.1) is 11.3 Å². The van der Waals surface area contributed by atoms with E-state index in [2.05, 4.69) is 4.98 Å². The number of Topliss-reactive ketones (excluding diaryl/α,β-unsaturated/α-hetero) is 1. The summed E-state index contributed by atoms with van der Waals surface area (Å²) in [5, 5.41) is 2.24. The Bertz CT molecular complexity index is 882. The van der Waals surface area contributed by atoms with Crippen LogP contribution in [0.15, 0.2) is 23.6 Å². The number of aromatic nitrogens is 1. The molecule has 1 aliphatic heterocycles. The number of thiazole rings is 1. The third-order valence-electron chi connectivity index (χ3n) is 4.01. The lowest BCUT2D eigenvalue weighted by atomic mass is 10.1. The van der Waals surface area contributed by atoms with Crippen molar-refractivity contribution in [2.24, 2.45) is 0 Å². The molecule has 0 radical (unpaired) electrons. The minimum absolute atomic E-state index is 0.0239. The Morgan fingerprint density at radius 1 is 1.37 bits per heavy atom. The molecule has 0 saturated carbocycles. The van der Waals surface area contributed by atoms with Crippen LogP contribution < -0.4 is 9.64 Å². The number of rotatable bonds is 7. The molecule has 0 spiro atoms. The zero-order chi connectivity index (χ0) is 19.4. The lowest BCUT2D eigenvalue weighted by Gasteiger charge is -2.10. The first-order valence-electron chi connectivity index (χ1n) is 8.25. The second-order valence-electron chi connectivity index (χ2n) is 5.88. The average molecular weight is 392 g/mol. The molecule has 2 aromatic rings. The Labute approximate surface area is 158 Å². The number of nitrogens with zero attached hydrogens (tertiary/aromatic N) is 2. The fraction of sp³-hybridized carbons (Fsp3) is 0.333. The van der Waals surface area contributed by atoms with Gasteiger partial charge < -0.3 is 9.47 Å². The Kier molecular flexibility index (Phi) is 5.80. The van der Waals surface area contributed by atoms with Gasteiger partial charge in [-0.25, -0.2) is 9.37 Å². The van der Waals surface area contributed by atoms with E-state index < -0.39 is 24.2 Å². The van der Waals surface area contributed by atoms with Gasteiger partial charge in [-0.1, -0.05) is 0 Å². The van der Waals surface area contributed by atoms with Crippen molar-refractivity contribution in [1.82, 2.24) is 4.98 Å². The van der Waals surface area contributed by atoms with Crippen LogP contribution in [0.25, 0.3) is 0 Å². The Morgan fingerprint density at radius 3 is 2.85 bits per heavy atom. The van der Waals surface area contributed by atoms with Gasteiger partial charge in [0.25, 0.3) is 0 Å². The largest absolute Gasteiger partial charge is 0.494 e. The van der Waals surface area contributed by atoms with Crippen molar-refractivity contribution in [3.63, 3.8) is 0 Å². The van der Waals surface area contributed by atoms with Crippen molar-refractivity contribution < 1.29 is 28.2 Å². The molecule has 3 rings (SSSR count). The number of anilines is 1. The van der Waals surface area contributed by atoms with Crippen molar-refractivity contribution >= 4 is 34.1 Å². The molecule has 0 bridgehead atoms. The molecule has 27 heavy (non-hydrogen) atoms. The summed E-state index contributed by atoms with van der Waals surface area (Å²) in [6.07, 6.45) is 1.19. The number of ketones is 1. The number of carbonyl (C=O) groups excluding carboxylic acids is 3. The van der Waals surface area contributed by atoms with Gasteiger partial charge in [0.15, 0.2) is 29.1 Å². The van der Waals surface area contributed by atoms with Gasteiger partial charge >= 0.3 is 5.97 Å². The average Bonchev–Trinajstić information content (AvgIpc) is 3.28. The van der Waals surface area contributed by atoms with Crippen LogP contribution >= 0.6 is 11.3 Å². The van der Waals surface area contributed by atoms with Gasteiger partial charge in [-0.2, -0.15) is 0 Å². The second-order valence-corrected chi connectivity index (χ2v) is 6.72. The van der Waals surface area contributed by atoms with Gasteiger partial charge in [0.05, 0.1) is 19.2 Å². The van der Waals surface area contributed by atoms with Crippen molar-refractivity contribution in [2.45, 2.75) is 19.3 Å². The van der Waals surface area contributed by atoms with Gasteiger partial charge in [0, 0.05) is 23.9 Å². The number of amides is 1. The molecular weight excluding hydrogens is 375 g/mol. The molecule has 0 N–H and O–H groups in total. The normalized spacial score (nSPS) is 13.7. The molecule has 142 valence electrons. The summed E-state index contributed by atoms with van der Waals surface area (Å²) >= 11 is 1.28. The quantitative estimate of drug-likeness (QED) is 0.531. The second kappa shape index (κ2) is 8.26. The van der Waals surface area contributed by atoms with Gasteiger partial charge in [-0.3, -0.25) is 19.3 Å². The van der Waals surface area contributed by atoms with E-state index in [9.17, 15) is 18.8 Å².